The standard InChI is InChI=1S/C12H11F2NO4/c13-7-1-6(2-8(14)3-7)11(17)15-5-9(16)4-10(15)12(18)19/h1-3,9-10,16H,4-5H2,(H,18,19)/t9-,10-/m0/s1. The van der Waals surface area contributed by atoms with Crippen LogP contribution in [0.5, 0.6) is 0 Å². The van der Waals surface area contributed by atoms with Gasteiger partial charge in [0.05, 0.1) is 6.10 Å². The predicted molar refractivity (Wildman–Crippen MR) is 59.4 cm³/mol. The van der Waals surface area contributed by atoms with E-state index in [9.17, 15) is 23.5 Å². The Kier molecular flexibility index (Phi) is 3.48. The maximum Gasteiger partial charge on any atom is 0.326 e. The summed E-state index contributed by atoms with van der Waals surface area (Å²) in [4.78, 5) is 23.9. The molecule has 0 bridgehead atoms. The van der Waals surface area contributed by atoms with Gasteiger partial charge in [0.15, 0.2) is 0 Å². The Labute approximate surface area is 107 Å². The number of likely N-dealkylation sites (tertiary alicyclic amines) is 1. The van der Waals surface area contributed by atoms with Gasteiger partial charge in [-0.15, -0.1) is 0 Å². The number of carbonyl (C=O) groups excluding carboxylic acids is 1. The Balaban J connectivity index is 2.30. The number of carboxylic acids is 1. The van der Waals surface area contributed by atoms with Crippen LogP contribution in [0.15, 0.2) is 18.2 Å². The van der Waals surface area contributed by atoms with Crippen LogP contribution in [0.4, 0.5) is 8.78 Å². The number of aliphatic hydroxyl groups excluding tert-OH is 1. The Morgan fingerprint density at radius 2 is 1.79 bits per heavy atom. The summed E-state index contributed by atoms with van der Waals surface area (Å²) >= 11 is 0. The molecule has 0 saturated carbocycles. The number of hydrogen-bond donors (Lipinski definition) is 2. The number of hydrogen-bond acceptors (Lipinski definition) is 3. The van der Waals surface area contributed by atoms with Gasteiger partial charge in [-0.05, 0) is 12.1 Å². The number of rotatable bonds is 2. The van der Waals surface area contributed by atoms with Gasteiger partial charge in [-0.3, -0.25) is 4.79 Å². The third-order valence-corrected chi connectivity index (χ3v) is 2.93. The van der Waals surface area contributed by atoms with Crippen LogP contribution in [0.25, 0.3) is 0 Å². The van der Waals surface area contributed by atoms with Gasteiger partial charge in [-0.25, -0.2) is 13.6 Å². The SMILES string of the molecule is O=C(O)[C@@H]1C[C@H](O)CN1C(=O)c1cc(F)cc(F)c1. The lowest BCUT2D eigenvalue weighted by Gasteiger charge is -2.21. The molecule has 1 heterocycles. The van der Waals surface area contributed by atoms with Crippen LogP contribution in [0.2, 0.25) is 0 Å². The molecule has 0 aliphatic carbocycles. The molecule has 1 aliphatic rings. The van der Waals surface area contributed by atoms with Gasteiger partial charge in [0.2, 0.25) is 0 Å². The van der Waals surface area contributed by atoms with Crippen molar-refractivity contribution in [3.8, 4) is 0 Å². The van der Waals surface area contributed by atoms with Gasteiger partial charge >= 0.3 is 5.97 Å². The van der Waals surface area contributed by atoms with E-state index in [4.69, 9.17) is 5.11 Å². The second-order valence-corrected chi connectivity index (χ2v) is 4.36. The van der Waals surface area contributed by atoms with Crippen LogP contribution in [0.1, 0.15) is 16.8 Å². The molecular weight excluding hydrogens is 260 g/mol. The molecule has 102 valence electrons. The van der Waals surface area contributed by atoms with Crippen molar-refractivity contribution in [2.24, 2.45) is 0 Å². The molecule has 1 aromatic rings. The quantitative estimate of drug-likeness (QED) is 0.826. The summed E-state index contributed by atoms with van der Waals surface area (Å²) in [6.45, 7) is -0.173. The van der Waals surface area contributed by atoms with E-state index < -0.39 is 35.7 Å². The molecule has 5 nitrogen and oxygen atoms in total. The first kappa shape index (κ1) is 13.4. The van der Waals surface area contributed by atoms with Crippen LogP contribution in [-0.2, 0) is 4.79 Å². The van der Waals surface area contributed by atoms with Crippen molar-refractivity contribution < 1.29 is 28.6 Å². The molecule has 2 rings (SSSR count). The number of carbonyl (C=O) groups is 2. The van der Waals surface area contributed by atoms with Crippen molar-refractivity contribution in [1.82, 2.24) is 4.90 Å². The van der Waals surface area contributed by atoms with Crippen LogP contribution < -0.4 is 0 Å². The van der Waals surface area contributed by atoms with Gasteiger partial charge in [-0.2, -0.15) is 0 Å². The monoisotopic (exact) mass is 271 g/mol. The van der Waals surface area contributed by atoms with Crippen molar-refractivity contribution in [1.29, 1.82) is 0 Å². The van der Waals surface area contributed by atoms with Crippen molar-refractivity contribution in [2.45, 2.75) is 18.6 Å². The maximum atomic E-state index is 13.0. The van der Waals surface area contributed by atoms with Crippen LogP contribution >= 0.6 is 0 Å². The maximum absolute atomic E-state index is 13.0. The summed E-state index contributed by atoms with van der Waals surface area (Å²) in [5.74, 6) is -3.92. The van der Waals surface area contributed by atoms with Crippen molar-refractivity contribution in [3.05, 3.63) is 35.4 Å². The number of aliphatic hydroxyl groups is 1. The average Bonchev–Trinajstić information content (AvgIpc) is 2.69. The molecule has 1 aliphatic heterocycles. The first-order valence-corrected chi connectivity index (χ1v) is 5.56. The summed E-state index contributed by atoms with van der Waals surface area (Å²) in [5, 5.41) is 18.4. The van der Waals surface area contributed by atoms with Gasteiger partial charge < -0.3 is 15.1 Å². The minimum Gasteiger partial charge on any atom is -0.480 e. The van der Waals surface area contributed by atoms with Crippen LogP contribution in [-0.4, -0.2) is 45.7 Å². The largest absolute Gasteiger partial charge is 0.480 e. The summed E-state index contributed by atoms with van der Waals surface area (Å²) in [6, 6.07) is 1.09. The molecule has 2 atom stereocenters. The number of benzene rings is 1. The van der Waals surface area contributed by atoms with E-state index in [1.807, 2.05) is 0 Å². The molecular formula is C12H11F2NO4. The number of nitrogens with zero attached hydrogens (tertiary/aromatic N) is 1. The normalized spacial score (nSPS) is 22.6. The Morgan fingerprint density at radius 3 is 2.32 bits per heavy atom. The van der Waals surface area contributed by atoms with E-state index in [-0.39, 0.29) is 18.5 Å². The Morgan fingerprint density at radius 1 is 1.21 bits per heavy atom. The zero-order valence-electron chi connectivity index (χ0n) is 9.72. The highest BCUT2D eigenvalue weighted by molar-refractivity contribution is 5.97. The molecule has 19 heavy (non-hydrogen) atoms. The lowest BCUT2D eigenvalue weighted by molar-refractivity contribution is -0.141. The molecule has 0 radical (unpaired) electrons. The second-order valence-electron chi connectivity index (χ2n) is 4.36. The number of amides is 1. The zero-order chi connectivity index (χ0) is 14.2. The fourth-order valence-corrected chi connectivity index (χ4v) is 2.12. The van der Waals surface area contributed by atoms with Crippen molar-refractivity contribution in [2.75, 3.05) is 6.54 Å². The van der Waals surface area contributed by atoms with E-state index >= 15 is 0 Å². The molecule has 2 N–H and O–H groups in total. The van der Waals surface area contributed by atoms with E-state index in [1.54, 1.807) is 0 Å². The number of aliphatic carboxylic acids is 1. The fraction of sp³-hybridized carbons (Fsp3) is 0.333. The highest BCUT2D eigenvalue weighted by Crippen LogP contribution is 2.21. The minimum atomic E-state index is -1.26. The van der Waals surface area contributed by atoms with Gasteiger partial charge in [-0.1, -0.05) is 0 Å². The third kappa shape index (κ3) is 2.70. The number of carboxylic acid groups (broad SMARTS) is 1. The van der Waals surface area contributed by atoms with Crippen LogP contribution in [0.3, 0.4) is 0 Å². The molecule has 1 aromatic carbocycles. The highest BCUT2D eigenvalue weighted by atomic mass is 19.1. The zero-order valence-corrected chi connectivity index (χ0v) is 9.72. The summed E-state index contributed by atoms with van der Waals surface area (Å²) in [5.41, 5.74) is -0.280. The van der Waals surface area contributed by atoms with Crippen LogP contribution in [0, 0.1) is 11.6 Å². The van der Waals surface area contributed by atoms with Crippen molar-refractivity contribution in [3.63, 3.8) is 0 Å². The van der Waals surface area contributed by atoms with Gasteiger partial charge in [0, 0.05) is 24.6 Å². The highest BCUT2D eigenvalue weighted by Gasteiger charge is 2.39. The molecule has 1 amide bonds. The summed E-state index contributed by atoms with van der Waals surface area (Å²) in [6.07, 6.45) is -1.05. The number of β-amino-alcohol motifs (C(OH)–C–C–N with tert-alkyl or cyclic N) is 1. The second kappa shape index (κ2) is 4.93. The lowest BCUT2D eigenvalue weighted by atomic mass is 10.1. The first-order chi connectivity index (χ1) is 8.88. The minimum absolute atomic E-state index is 0.0983. The predicted octanol–water partition coefficient (Wildman–Crippen LogP) is 0.625. The lowest BCUT2D eigenvalue weighted by Crippen LogP contribution is -2.40. The van der Waals surface area contributed by atoms with Gasteiger partial charge in [0.25, 0.3) is 5.91 Å². The van der Waals surface area contributed by atoms with Gasteiger partial charge in [0.1, 0.15) is 17.7 Å². The van der Waals surface area contributed by atoms with E-state index in [1.165, 1.54) is 0 Å². The first-order valence-electron chi connectivity index (χ1n) is 5.56. The Hall–Kier alpha value is -2.02. The van der Waals surface area contributed by atoms with E-state index in [0.717, 1.165) is 17.0 Å². The summed E-state index contributed by atoms with van der Waals surface area (Å²) < 4.78 is 26.1. The molecule has 0 spiro atoms. The van der Waals surface area contributed by atoms with Crippen molar-refractivity contribution >= 4 is 11.9 Å². The smallest absolute Gasteiger partial charge is 0.326 e. The fourth-order valence-electron chi connectivity index (χ4n) is 2.12. The molecule has 1 fully saturated rings. The third-order valence-electron chi connectivity index (χ3n) is 2.93. The topological polar surface area (TPSA) is 77.8 Å². The average molecular weight is 271 g/mol. The molecule has 7 heteroatoms. The number of halogens is 2. The Bertz CT molecular complexity index is 514. The molecule has 0 aromatic heterocycles. The summed E-state index contributed by atoms with van der Waals surface area (Å²) in [7, 11) is 0. The van der Waals surface area contributed by atoms with E-state index in [0.29, 0.717) is 6.07 Å². The van der Waals surface area contributed by atoms with E-state index in [2.05, 4.69) is 0 Å². The molecule has 1 saturated heterocycles. The molecule has 0 unspecified atom stereocenters.